The van der Waals surface area contributed by atoms with Crippen LogP contribution in [0.5, 0.6) is 0 Å². The summed E-state index contributed by atoms with van der Waals surface area (Å²) in [5.41, 5.74) is 0. The molecule has 0 rings (SSSR count). The first-order chi connectivity index (χ1) is 7.22. The largest absolute Gasteiger partial charge is 0.480 e. The van der Waals surface area contributed by atoms with E-state index in [2.05, 4.69) is 18.2 Å². The lowest BCUT2D eigenvalue weighted by molar-refractivity contribution is -0.139. The van der Waals surface area contributed by atoms with Gasteiger partial charge in [-0.15, -0.1) is 6.42 Å². The molecule has 0 aliphatic rings. The van der Waals surface area contributed by atoms with Gasteiger partial charge in [0.15, 0.2) is 0 Å². The Morgan fingerprint density at radius 1 is 1.40 bits per heavy atom. The number of rotatable bonds is 9. The number of hydrogen-bond acceptors (Lipinski definition) is 2. The smallest absolute Gasteiger partial charge is 0.320 e. The van der Waals surface area contributed by atoms with Crippen molar-refractivity contribution < 1.29 is 9.90 Å². The van der Waals surface area contributed by atoms with Crippen molar-refractivity contribution in [1.29, 1.82) is 0 Å². The van der Waals surface area contributed by atoms with Crippen LogP contribution in [0.15, 0.2) is 0 Å². The molecule has 86 valence electrons. The zero-order chi connectivity index (χ0) is 11.5. The lowest BCUT2D eigenvalue weighted by Gasteiger charge is -2.11. The summed E-state index contributed by atoms with van der Waals surface area (Å²) in [6.07, 6.45) is 11.4. The van der Waals surface area contributed by atoms with Gasteiger partial charge in [0.05, 0.1) is 6.54 Å². The summed E-state index contributed by atoms with van der Waals surface area (Å²) in [4.78, 5) is 10.8. The molecule has 0 radical (unpaired) electrons. The molecule has 1 unspecified atom stereocenters. The lowest BCUT2D eigenvalue weighted by Crippen LogP contribution is -2.36. The van der Waals surface area contributed by atoms with Crippen molar-refractivity contribution in [3.05, 3.63) is 0 Å². The van der Waals surface area contributed by atoms with Crippen LogP contribution in [-0.2, 0) is 4.79 Å². The highest BCUT2D eigenvalue weighted by Gasteiger charge is 2.14. The zero-order valence-corrected chi connectivity index (χ0v) is 9.46. The highest BCUT2D eigenvalue weighted by molar-refractivity contribution is 5.73. The topological polar surface area (TPSA) is 49.3 Å². The highest BCUT2D eigenvalue weighted by atomic mass is 16.4. The van der Waals surface area contributed by atoms with Gasteiger partial charge < -0.3 is 5.11 Å². The SMILES string of the molecule is C#CCNC(CCCCCCC)C(=O)O. The first-order valence-corrected chi connectivity index (χ1v) is 5.62. The number of unbranched alkanes of at least 4 members (excludes halogenated alkanes) is 4. The van der Waals surface area contributed by atoms with E-state index in [4.69, 9.17) is 11.5 Å². The van der Waals surface area contributed by atoms with E-state index < -0.39 is 12.0 Å². The van der Waals surface area contributed by atoms with E-state index in [-0.39, 0.29) is 0 Å². The van der Waals surface area contributed by atoms with Gasteiger partial charge in [-0.3, -0.25) is 10.1 Å². The Kier molecular flexibility index (Phi) is 8.90. The summed E-state index contributed by atoms with van der Waals surface area (Å²) >= 11 is 0. The molecule has 0 saturated carbocycles. The highest BCUT2D eigenvalue weighted by Crippen LogP contribution is 2.07. The maximum atomic E-state index is 10.8. The fraction of sp³-hybridized carbons (Fsp3) is 0.750. The van der Waals surface area contributed by atoms with Gasteiger partial charge in [0.1, 0.15) is 6.04 Å². The maximum Gasteiger partial charge on any atom is 0.320 e. The summed E-state index contributed by atoms with van der Waals surface area (Å²) in [6, 6.07) is -0.484. The van der Waals surface area contributed by atoms with Crippen LogP contribution in [0.4, 0.5) is 0 Å². The van der Waals surface area contributed by atoms with E-state index in [9.17, 15) is 4.79 Å². The van der Waals surface area contributed by atoms with Crippen molar-refractivity contribution in [2.24, 2.45) is 0 Å². The van der Waals surface area contributed by atoms with Crippen LogP contribution in [0, 0.1) is 12.3 Å². The molecule has 0 spiro atoms. The Morgan fingerprint density at radius 2 is 2.07 bits per heavy atom. The van der Waals surface area contributed by atoms with Crippen LogP contribution < -0.4 is 5.32 Å². The van der Waals surface area contributed by atoms with Crippen LogP contribution in [0.3, 0.4) is 0 Å². The quantitative estimate of drug-likeness (QED) is 0.453. The average molecular weight is 211 g/mol. The van der Waals surface area contributed by atoms with Crippen molar-refractivity contribution in [1.82, 2.24) is 5.32 Å². The summed E-state index contributed by atoms with van der Waals surface area (Å²) < 4.78 is 0. The van der Waals surface area contributed by atoms with E-state index in [1.165, 1.54) is 19.3 Å². The molecular weight excluding hydrogens is 190 g/mol. The minimum absolute atomic E-state index is 0.325. The number of carboxylic acid groups (broad SMARTS) is 1. The fourth-order valence-corrected chi connectivity index (χ4v) is 1.45. The minimum atomic E-state index is -0.805. The molecule has 0 bridgehead atoms. The van der Waals surface area contributed by atoms with Crippen LogP contribution >= 0.6 is 0 Å². The average Bonchev–Trinajstić information content (AvgIpc) is 2.21. The van der Waals surface area contributed by atoms with E-state index in [1.54, 1.807) is 0 Å². The van der Waals surface area contributed by atoms with Crippen molar-refractivity contribution >= 4 is 5.97 Å². The van der Waals surface area contributed by atoms with Crippen LogP contribution in [0.2, 0.25) is 0 Å². The first-order valence-electron chi connectivity index (χ1n) is 5.62. The summed E-state index contributed by atoms with van der Waals surface area (Å²) in [7, 11) is 0. The van der Waals surface area contributed by atoms with Gasteiger partial charge in [0.2, 0.25) is 0 Å². The van der Waals surface area contributed by atoms with Gasteiger partial charge in [-0.2, -0.15) is 0 Å². The number of carbonyl (C=O) groups is 1. The third kappa shape index (κ3) is 8.02. The summed E-state index contributed by atoms with van der Waals surface area (Å²) in [5.74, 6) is 1.58. The first kappa shape index (κ1) is 14.0. The molecule has 2 N–H and O–H groups in total. The number of nitrogens with one attached hydrogen (secondary N) is 1. The molecule has 0 aliphatic carbocycles. The van der Waals surface area contributed by atoms with Gasteiger partial charge in [0, 0.05) is 0 Å². The Morgan fingerprint density at radius 3 is 2.60 bits per heavy atom. The molecule has 0 aromatic carbocycles. The number of terminal acetylenes is 1. The van der Waals surface area contributed by atoms with E-state index >= 15 is 0 Å². The zero-order valence-electron chi connectivity index (χ0n) is 9.46. The Balaban J connectivity index is 3.58. The van der Waals surface area contributed by atoms with E-state index in [1.807, 2.05) is 0 Å². The molecule has 0 heterocycles. The second kappa shape index (κ2) is 9.54. The third-order valence-corrected chi connectivity index (χ3v) is 2.34. The maximum absolute atomic E-state index is 10.8. The predicted octanol–water partition coefficient (Wildman–Crippen LogP) is 2.02. The third-order valence-electron chi connectivity index (χ3n) is 2.34. The van der Waals surface area contributed by atoms with Gasteiger partial charge in [0.25, 0.3) is 0 Å². The molecule has 3 heteroatoms. The van der Waals surface area contributed by atoms with Gasteiger partial charge in [-0.25, -0.2) is 0 Å². The predicted molar refractivity (Wildman–Crippen MR) is 61.6 cm³/mol. The van der Waals surface area contributed by atoms with Gasteiger partial charge in [-0.05, 0) is 6.42 Å². The van der Waals surface area contributed by atoms with E-state index in [0.29, 0.717) is 13.0 Å². The van der Waals surface area contributed by atoms with Crippen molar-refractivity contribution in [2.75, 3.05) is 6.54 Å². The molecule has 0 fully saturated rings. The molecule has 1 atom stereocenters. The van der Waals surface area contributed by atoms with Crippen molar-refractivity contribution in [2.45, 2.75) is 51.5 Å². The molecule has 0 aliphatic heterocycles. The normalized spacial score (nSPS) is 12.0. The molecule has 0 amide bonds. The Bertz CT molecular complexity index is 208. The number of hydrogen-bond donors (Lipinski definition) is 2. The molecule has 0 aromatic heterocycles. The molecule has 3 nitrogen and oxygen atoms in total. The van der Waals surface area contributed by atoms with E-state index in [0.717, 1.165) is 12.8 Å². The Hall–Kier alpha value is -1.01. The number of aliphatic carboxylic acids is 1. The second-order valence-electron chi connectivity index (χ2n) is 3.68. The number of carboxylic acids is 1. The summed E-state index contributed by atoms with van der Waals surface area (Å²) in [6.45, 7) is 2.49. The molecule has 15 heavy (non-hydrogen) atoms. The summed E-state index contributed by atoms with van der Waals surface area (Å²) in [5, 5.41) is 11.7. The van der Waals surface area contributed by atoms with Crippen molar-refractivity contribution in [3.63, 3.8) is 0 Å². The van der Waals surface area contributed by atoms with Crippen LogP contribution in [0.25, 0.3) is 0 Å². The molecule has 0 saturated heterocycles. The van der Waals surface area contributed by atoms with Crippen LogP contribution in [0.1, 0.15) is 45.4 Å². The fourth-order valence-electron chi connectivity index (χ4n) is 1.45. The van der Waals surface area contributed by atoms with Gasteiger partial charge in [-0.1, -0.05) is 44.9 Å². The lowest BCUT2D eigenvalue weighted by atomic mass is 10.1. The van der Waals surface area contributed by atoms with Crippen LogP contribution in [-0.4, -0.2) is 23.7 Å². The Labute approximate surface area is 92.3 Å². The van der Waals surface area contributed by atoms with Gasteiger partial charge >= 0.3 is 5.97 Å². The van der Waals surface area contributed by atoms with Crippen molar-refractivity contribution in [3.8, 4) is 12.3 Å². The second-order valence-corrected chi connectivity index (χ2v) is 3.68. The minimum Gasteiger partial charge on any atom is -0.480 e. The monoisotopic (exact) mass is 211 g/mol. The standard InChI is InChI=1S/C12H21NO2/c1-3-5-6-7-8-9-11(12(14)15)13-10-4-2/h2,11,13H,3,5-10H2,1H3,(H,14,15). The molecule has 0 aromatic rings. The molecular formula is C12H21NO2.